The van der Waals surface area contributed by atoms with Gasteiger partial charge in [-0.05, 0) is 54.5 Å². The number of hydrogen-bond acceptors (Lipinski definition) is 4. The summed E-state index contributed by atoms with van der Waals surface area (Å²) >= 11 is 11.5. The quantitative estimate of drug-likeness (QED) is 0.294. The Balaban J connectivity index is 1.64. The minimum Gasteiger partial charge on any atom is -0.493 e. The number of halogens is 1. The van der Waals surface area contributed by atoms with Crippen LogP contribution in [0.15, 0.2) is 78.9 Å². The second-order valence-corrected chi connectivity index (χ2v) is 9.01. The van der Waals surface area contributed by atoms with E-state index in [1.54, 1.807) is 18.2 Å². The number of hydrogen-bond donors (Lipinski definition) is 2. The third-order valence-corrected chi connectivity index (χ3v) is 5.56. The van der Waals surface area contributed by atoms with Crippen LogP contribution >= 0.6 is 23.8 Å². The number of para-hydroxylation sites is 2. The summed E-state index contributed by atoms with van der Waals surface area (Å²) in [5.41, 5.74) is 3.33. The molecule has 3 aromatic carbocycles. The lowest BCUT2D eigenvalue weighted by Crippen LogP contribution is -2.34. The van der Waals surface area contributed by atoms with Gasteiger partial charge in [-0.1, -0.05) is 67.9 Å². The Morgan fingerprint density at radius 3 is 2.59 bits per heavy atom. The Hall–Kier alpha value is -3.48. The summed E-state index contributed by atoms with van der Waals surface area (Å²) in [4.78, 5) is 18.0. The van der Waals surface area contributed by atoms with Crippen LogP contribution in [0.2, 0.25) is 5.02 Å². The number of nitrogens with zero attached hydrogens (tertiary/aromatic N) is 1. The van der Waals surface area contributed by atoms with Crippen LogP contribution in [-0.4, -0.2) is 22.6 Å². The highest BCUT2D eigenvalue weighted by molar-refractivity contribution is 7.80. The summed E-state index contributed by atoms with van der Waals surface area (Å²) < 4.78 is 5.87. The number of anilines is 1. The summed E-state index contributed by atoms with van der Waals surface area (Å²) in [5.74, 6) is 0.842. The van der Waals surface area contributed by atoms with Gasteiger partial charge in [-0.3, -0.25) is 10.1 Å². The van der Waals surface area contributed by atoms with E-state index in [1.165, 1.54) is 0 Å². The lowest BCUT2D eigenvalue weighted by Gasteiger charge is -2.14. The van der Waals surface area contributed by atoms with Gasteiger partial charge in [-0.2, -0.15) is 0 Å². The van der Waals surface area contributed by atoms with Crippen LogP contribution in [0.1, 0.15) is 24.2 Å². The maximum absolute atomic E-state index is 13.2. The van der Waals surface area contributed by atoms with Crippen molar-refractivity contribution in [2.24, 2.45) is 5.92 Å². The van der Waals surface area contributed by atoms with Gasteiger partial charge < -0.3 is 10.1 Å². The van der Waals surface area contributed by atoms with Crippen molar-refractivity contribution in [2.75, 3.05) is 11.9 Å². The minimum absolute atomic E-state index is 0.157. The van der Waals surface area contributed by atoms with E-state index in [0.717, 1.165) is 16.7 Å². The molecule has 2 N–H and O–H groups in total. The maximum Gasteiger partial charge on any atom is 0.258 e. The van der Waals surface area contributed by atoms with Crippen molar-refractivity contribution < 1.29 is 9.53 Å². The maximum atomic E-state index is 13.2. The Bertz CT molecular complexity index is 1360. The summed E-state index contributed by atoms with van der Waals surface area (Å²) in [7, 11) is 0. The molecule has 7 heteroatoms. The number of fused-ring (bicyclic) bond motifs is 1. The number of pyridine rings is 1. The van der Waals surface area contributed by atoms with Gasteiger partial charge >= 0.3 is 0 Å². The number of carbonyl (C=O) groups is 1. The molecular formula is C27H24ClN3O2S. The number of amides is 1. The largest absolute Gasteiger partial charge is 0.493 e. The van der Waals surface area contributed by atoms with Crippen molar-refractivity contribution in [1.82, 2.24) is 10.3 Å². The highest BCUT2D eigenvalue weighted by Crippen LogP contribution is 2.28. The van der Waals surface area contributed by atoms with Crippen LogP contribution in [0.5, 0.6) is 5.75 Å². The van der Waals surface area contributed by atoms with Gasteiger partial charge in [0.05, 0.1) is 34.1 Å². The number of rotatable bonds is 6. The third-order valence-electron chi connectivity index (χ3n) is 5.02. The smallest absolute Gasteiger partial charge is 0.258 e. The van der Waals surface area contributed by atoms with Crippen molar-refractivity contribution in [3.05, 3.63) is 89.4 Å². The van der Waals surface area contributed by atoms with Crippen LogP contribution in [0.3, 0.4) is 0 Å². The van der Waals surface area contributed by atoms with Crippen LogP contribution < -0.4 is 15.4 Å². The molecule has 0 bridgehead atoms. The number of nitrogens with one attached hydrogen (secondary N) is 2. The van der Waals surface area contributed by atoms with E-state index in [9.17, 15) is 4.79 Å². The van der Waals surface area contributed by atoms with Gasteiger partial charge in [0.1, 0.15) is 5.75 Å². The van der Waals surface area contributed by atoms with Crippen molar-refractivity contribution in [1.29, 1.82) is 0 Å². The van der Waals surface area contributed by atoms with E-state index in [-0.39, 0.29) is 11.0 Å². The Morgan fingerprint density at radius 2 is 1.79 bits per heavy atom. The van der Waals surface area contributed by atoms with Crippen LogP contribution in [0.4, 0.5) is 5.69 Å². The number of aromatic nitrogens is 1. The van der Waals surface area contributed by atoms with Crippen molar-refractivity contribution in [3.8, 4) is 17.0 Å². The predicted molar refractivity (Wildman–Crippen MR) is 143 cm³/mol. The van der Waals surface area contributed by atoms with E-state index in [2.05, 4.69) is 24.5 Å². The van der Waals surface area contributed by atoms with Gasteiger partial charge in [0.15, 0.2) is 5.11 Å². The molecule has 34 heavy (non-hydrogen) atoms. The first-order chi connectivity index (χ1) is 16.4. The molecular weight excluding hydrogens is 466 g/mol. The highest BCUT2D eigenvalue weighted by atomic mass is 35.5. The first kappa shape index (κ1) is 23.7. The number of thiocarbonyl (C=S) groups is 1. The zero-order chi connectivity index (χ0) is 24.1. The monoisotopic (exact) mass is 489 g/mol. The van der Waals surface area contributed by atoms with E-state index in [0.29, 0.717) is 40.0 Å². The molecule has 172 valence electrons. The van der Waals surface area contributed by atoms with Gasteiger partial charge in [-0.15, -0.1) is 0 Å². The fourth-order valence-corrected chi connectivity index (χ4v) is 3.79. The summed E-state index contributed by atoms with van der Waals surface area (Å²) in [6.45, 7) is 4.83. The van der Waals surface area contributed by atoms with E-state index >= 15 is 0 Å². The van der Waals surface area contributed by atoms with E-state index < -0.39 is 0 Å². The average Bonchev–Trinajstić information content (AvgIpc) is 2.83. The van der Waals surface area contributed by atoms with Crippen molar-refractivity contribution in [3.63, 3.8) is 0 Å². The Kier molecular flexibility index (Phi) is 7.40. The predicted octanol–water partition coefficient (Wildman–Crippen LogP) is 6.72. The van der Waals surface area contributed by atoms with Gasteiger partial charge in [-0.25, -0.2) is 4.98 Å². The highest BCUT2D eigenvalue weighted by Gasteiger charge is 2.16. The fraction of sp³-hybridized carbons (Fsp3) is 0.148. The zero-order valence-electron chi connectivity index (χ0n) is 18.8. The molecule has 0 saturated heterocycles. The lowest BCUT2D eigenvalue weighted by molar-refractivity contribution is 0.0979. The summed E-state index contributed by atoms with van der Waals surface area (Å²) in [6.07, 6.45) is 0. The van der Waals surface area contributed by atoms with Crippen LogP contribution in [0.25, 0.3) is 22.2 Å². The SMILES string of the molecule is CC(C)COc1cccc(-c2cc(C(=O)NC(=S)Nc3ccccc3Cl)c3ccccc3n2)c1. The van der Waals surface area contributed by atoms with Gasteiger partial charge in [0.25, 0.3) is 5.91 Å². The second-order valence-electron chi connectivity index (χ2n) is 8.19. The molecule has 0 unspecified atom stereocenters. The number of benzene rings is 3. The molecule has 0 aliphatic carbocycles. The molecule has 5 nitrogen and oxygen atoms in total. The minimum atomic E-state index is -0.336. The van der Waals surface area contributed by atoms with Crippen LogP contribution in [0, 0.1) is 5.92 Å². The molecule has 4 aromatic rings. The standard InChI is InChI=1S/C27H24ClN3O2S/c1-17(2)16-33-19-9-7-8-18(14-19)25-15-21(20-10-3-5-12-23(20)29-25)26(32)31-27(34)30-24-13-6-4-11-22(24)28/h3-15,17H,16H2,1-2H3,(H2,30,31,32,34). The van der Waals surface area contributed by atoms with Gasteiger partial charge in [0, 0.05) is 10.9 Å². The summed E-state index contributed by atoms with van der Waals surface area (Å²) in [6, 6.07) is 24.2. The molecule has 0 atom stereocenters. The van der Waals surface area contributed by atoms with E-state index in [4.69, 9.17) is 33.5 Å². The molecule has 0 aliphatic rings. The topological polar surface area (TPSA) is 63.2 Å². The molecule has 0 radical (unpaired) electrons. The molecule has 4 rings (SSSR count). The third kappa shape index (κ3) is 5.71. The fourth-order valence-electron chi connectivity index (χ4n) is 3.41. The first-order valence-corrected chi connectivity index (χ1v) is 11.7. The molecule has 0 aliphatic heterocycles. The molecule has 1 heterocycles. The van der Waals surface area contributed by atoms with Gasteiger partial charge in [0.2, 0.25) is 0 Å². The van der Waals surface area contributed by atoms with Crippen molar-refractivity contribution >= 4 is 51.4 Å². The summed E-state index contributed by atoms with van der Waals surface area (Å²) in [5, 5.41) is 7.13. The first-order valence-electron chi connectivity index (χ1n) is 10.9. The van der Waals surface area contributed by atoms with Crippen LogP contribution in [-0.2, 0) is 0 Å². The lowest BCUT2D eigenvalue weighted by atomic mass is 10.0. The molecule has 0 spiro atoms. The van der Waals surface area contributed by atoms with Crippen molar-refractivity contribution in [2.45, 2.75) is 13.8 Å². The zero-order valence-corrected chi connectivity index (χ0v) is 20.4. The Labute approximate surface area is 209 Å². The molecule has 0 saturated carbocycles. The number of ether oxygens (including phenoxy) is 1. The number of carbonyl (C=O) groups excluding carboxylic acids is 1. The molecule has 1 aromatic heterocycles. The normalized spacial score (nSPS) is 10.8. The van der Waals surface area contributed by atoms with E-state index in [1.807, 2.05) is 60.7 Å². The molecule has 0 fully saturated rings. The molecule has 1 amide bonds. The average molecular weight is 490 g/mol. The second kappa shape index (κ2) is 10.6. The Morgan fingerprint density at radius 1 is 1.03 bits per heavy atom.